The van der Waals surface area contributed by atoms with Gasteiger partial charge in [0.15, 0.2) is 0 Å². The predicted molar refractivity (Wildman–Crippen MR) is 75.5 cm³/mol. The van der Waals surface area contributed by atoms with Crippen molar-refractivity contribution in [1.29, 1.82) is 0 Å². The van der Waals surface area contributed by atoms with E-state index >= 15 is 0 Å². The molecule has 0 aromatic rings. The van der Waals surface area contributed by atoms with Gasteiger partial charge in [-0.3, -0.25) is 4.90 Å². The SMILES string of the molecule is CC1(C)CN(CC2(CC(N)=S)CC2)CC(CO)O1. The molecule has 5 heteroatoms. The molecule has 1 aliphatic heterocycles. The Bertz CT molecular complexity index is 329. The molecule has 1 aliphatic carbocycles. The van der Waals surface area contributed by atoms with Crippen molar-refractivity contribution >= 4 is 17.2 Å². The number of aliphatic hydroxyl groups excluding tert-OH is 1. The Morgan fingerprint density at radius 1 is 1.50 bits per heavy atom. The highest BCUT2D eigenvalue weighted by atomic mass is 32.1. The van der Waals surface area contributed by atoms with Crippen molar-refractivity contribution in [3.05, 3.63) is 0 Å². The van der Waals surface area contributed by atoms with Gasteiger partial charge >= 0.3 is 0 Å². The van der Waals surface area contributed by atoms with E-state index in [1.165, 1.54) is 12.8 Å². The quantitative estimate of drug-likeness (QED) is 0.729. The van der Waals surface area contributed by atoms with Gasteiger partial charge in [0.1, 0.15) is 0 Å². The minimum absolute atomic E-state index is 0.0746. The van der Waals surface area contributed by atoms with Crippen LogP contribution in [0.5, 0.6) is 0 Å². The van der Waals surface area contributed by atoms with Crippen molar-refractivity contribution in [2.75, 3.05) is 26.2 Å². The third-order valence-corrected chi connectivity index (χ3v) is 3.97. The second kappa shape index (κ2) is 5.04. The Hall–Kier alpha value is -0.230. The fraction of sp³-hybridized carbons (Fsp3) is 0.923. The lowest BCUT2D eigenvalue weighted by Crippen LogP contribution is -2.55. The first-order valence-electron chi connectivity index (χ1n) is 6.64. The summed E-state index contributed by atoms with van der Waals surface area (Å²) in [6.07, 6.45) is 3.20. The first-order valence-corrected chi connectivity index (χ1v) is 7.04. The van der Waals surface area contributed by atoms with Crippen LogP contribution in [0.2, 0.25) is 0 Å². The molecule has 104 valence electrons. The summed E-state index contributed by atoms with van der Waals surface area (Å²) in [5, 5.41) is 9.31. The summed E-state index contributed by atoms with van der Waals surface area (Å²) in [4.78, 5) is 3.02. The van der Waals surface area contributed by atoms with E-state index in [0.717, 1.165) is 26.1 Å². The lowest BCUT2D eigenvalue weighted by atomic mass is 9.98. The Balaban J connectivity index is 1.94. The first kappa shape index (κ1) is 14.2. The van der Waals surface area contributed by atoms with Gasteiger partial charge in [-0.15, -0.1) is 0 Å². The van der Waals surface area contributed by atoms with E-state index in [4.69, 9.17) is 22.7 Å². The van der Waals surface area contributed by atoms with Crippen LogP contribution in [0.3, 0.4) is 0 Å². The van der Waals surface area contributed by atoms with Crippen molar-refractivity contribution in [3.63, 3.8) is 0 Å². The van der Waals surface area contributed by atoms with Crippen LogP contribution in [0.1, 0.15) is 33.1 Å². The van der Waals surface area contributed by atoms with Gasteiger partial charge in [-0.05, 0) is 32.1 Å². The van der Waals surface area contributed by atoms with Crippen molar-refractivity contribution in [2.45, 2.75) is 44.8 Å². The van der Waals surface area contributed by atoms with Gasteiger partial charge in [0.25, 0.3) is 0 Å². The lowest BCUT2D eigenvalue weighted by molar-refractivity contribution is -0.151. The summed E-state index contributed by atoms with van der Waals surface area (Å²) in [7, 11) is 0. The molecule has 0 spiro atoms. The van der Waals surface area contributed by atoms with Crippen LogP contribution in [0.15, 0.2) is 0 Å². The summed E-state index contributed by atoms with van der Waals surface area (Å²) in [5.41, 5.74) is 5.79. The number of hydrogen-bond donors (Lipinski definition) is 2. The van der Waals surface area contributed by atoms with Gasteiger partial charge < -0.3 is 15.6 Å². The minimum atomic E-state index is -0.190. The molecular formula is C13H24N2O2S. The topological polar surface area (TPSA) is 58.7 Å². The average molecular weight is 272 g/mol. The van der Waals surface area contributed by atoms with Crippen molar-refractivity contribution in [3.8, 4) is 0 Å². The molecule has 1 heterocycles. The number of ether oxygens (including phenoxy) is 1. The Morgan fingerprint density at radius 2 is 2.17 bits per heavy atom. The van der Waals surface area contributed by atoms with E-state index in [1.807, 2.05) is 0 Å². The number of hydrogen-bond acceptors (Lipinski definition) is 4. The number of nitrogens with zero attached hydrogens (tertiary/aromatic N) is 1. The highest BCUT2D eigenvalue weighted by Gasteiger charge is 2.46. The van der Waals surface area contributed by atoms with Crippen LogP contribution in [-0.4, -0.2) is 52.9 Å². The van der Waals surface area contributed by atoms with E-state index in [9.17, 15) is 5.11 Å². The number of rotatable bonds is 5. The largest absolute Gasteiger partial charge is 0.394 e. The first-order chi connectivity index (χ1) is 8.34. The van der Waals surface area contributed by atoms with E-state index < -0.39 is 0 Å². The van der Waals surface area contributed by atoms with Gasteiger partial charge in [0, 0.05) is 26.1 Å². The minimum Gasteiger partial charge on any atom is -0.394 e. The molecule has 4 nitrogen and oxygen atoms in total. The molecule has 0 radical (unpaired) electrons. The standard InChI is InChI=1S/C13H24N2O2S/c1-12(2)8-15(6-10(7-16)17-12)9-13(3-4-13)5-11(14)18/h10,16H,3-9H2,1-2H3,(H2,14,18). The maximum absolute atomic E-state index is 9.31. The second-order valence-corrected chi connectivity index (χ2v) is 7.02. The molecule has 3 N–H and O–H groups in total. The molecule has 0 aromatic carbocycles. The molecule has 18 heavy (non-hydrogen) atoms. The highest BCUT2D eigenvalue weighted by Crippen LogP contribution is 2.49. The number of thiocarbonyl (C=S) groups is 1. The zero-order valence-corrected chi connectivity index (χ0v) is 12.1. The van der Waals surface area contributed by atoms with Gasteiger partial charge in [-0.1, -0.05) is 12.2 Å². The van der Waals surface area contributed by atoms with E-state index in [-0.39, 0.29) is 18.3 Å². The number of morpholine rings is 1. The third-order valence-electron chi connectivity index (χ3n) is 3.82. The van der Waals surface area contributed by atoms with Crippen LogP contribution in [0, 0.1) is 5.41 Å². The monoisotopic (exact) mass is 272 g/mol. The molecule has 2 aliphatic rings. The predicted octanol–water partition coefficient (Wildman–Crippen LogP) is 0.915. The molecule has 1 saturated carbocycles. The molecule has 1 atom stereocenters. The molecule has 0 aromatic heterocycles. The van der Waals surface area contributed by atoms with Crippen molar-refractivity contribution in [2.24, 2.45) is 11.1 Å². The normalized spacial score (nSPS) is 30.1. The van der Waals surface area contributed by atoms with Crippen LogP contribution < -0.4 is 5.73 Å². The molecule has 0 amide bonds. The van der Waals surface area contributed by atoms with E-state index in [2.05, 4.69) is 18.7 Å². The fourth-order valence-corrected chi connectivity index (χ4v) is 3.35. The highest BCUT2D eigenvalue weighted by molar-refractivity contribution is 7.80. The number of aliphatic hydroxyl groups is 1. The smallest absolute Gasteiger partial charge is 0.0940 e. The molecule has 1 saturated heterocycles. The summed E-state index contributed by atoms with van der Waals surface area (Å²) < 4.78 is 5.83. The van der Waals surface area contributed by atoms with Gasteiger partial charge in [0.2, 0.25) is 0 Å². The van der Waals surface area contributed by atoms with Gasteiger partial charge in [-0.2, -0.15) is 0 Å². The van der Waals surface area contributed by atoms with Crippen LogP contribution in [-0.2, 0) is 4.74 Å². The average Bonchev–Trinajstić information content (AvgIpc) is 2.93. The van der Waals surface area contributed by atoms with Crippen molar-refractivity contribution < 1.29 is 9.84 Å². The molecular weight excluding hydrogens is 248 g/mol. The Kier molecular flexibility index (Phi) is 3.97. The Labute approximate surface area is 114 Å². The Morgan fingerprint density at radius 3 is 2.67 bits per heavy atom. The summed E-state index contributed by atoms with van der Waals surface area (Å²) in [6, 6.07) is 0. The van der Waals surface area contributed by atoms with Crippen molar-refractivity contribution in [1.82, 2.24) is 4.90 Å². The van der Waals surface area contributed by atoms with Crippen LogP contribution >= 0.6 is 12.2 Å². The summed E-state index contributed by atoms with van der Waals surface area (Å²) in [5.74, 6) is 0. The maximum Gasteiger partial charge on any atom is 0.0940 e. The van der Waals surface area contributed by atoms with E-state index in [1.54, 1.807) is 0 Å². The zero-order chi connectivity index (χ0) is 13.4. The van der Waals surface area contributed by atoms with Gasteiger partial charge in [-0.25, -0.2) is 0 Å². The van der Waals surface area contributed by atoms with Crippen LogP contribution in [0.25, 0.3) is 0 Å². The van der Waals surface area contributed by atoms with Crippen LogP contribution in [0.4, 0.5) is 0 Å². The maximum atomic E-state index is 9.31. The lowest BCUT2D eigenvalue weighted by Gasteiger charge is -2.43. The van der Waals surface area contributed by atoms with Gasteiger partial charge in [0.05, 0.1) is 23.3 Å². The zero-order valence-electron chi connectivity index (χ0n) is 11.3. The number of nitrogens with two attached hydrogens (primary N) is 1. The summed E-state index contributed by atoms with van der Waals surface area (Å²) >= 11 is 5.04. The fourth-order valence-electron chi connectivity index (χ4n) is 3.04. The molecule has 2 fully saturated rings. The molecule has 1 unspecified atom stereocenters. The third kappa shape index (κ3) is 3.63. The summed E-state index contributed by atoms with van der Waals surface area (Å²) in [6.45, 7) is 6.97. The van der Waals surface area contributed by atoms with E-state index in [0.29, 0.717) is 10.4 Å². The molecule has 2 rings (SSSR count). The second-order valence-electron chi connectivity index (χ2n) is 6.49. The molecule has 0 bridgehead atoms.